The van der Waals surface area contributed by atoms with Gasteiger partial charge in [0.15, 0.2) is 0 Å². The zero-order valence-electron chi connectivity index (χ0n) is 12.0. The molecule has 6 nitrogen and oxygen atoms in total. The highest BCUT2D eigenvalue weighted by molar-refractivity contribution is 5.99. The van der Waals surface area contributed by atoms with Crippen LogP contribution in [0.25, 0.3) is 0 Å². The van der Waals surface area contributed by atoms with Gasteiger partial charge >= 0.3 is 0 Å². The van der Waals surface area contributed by atoms with Gasteiger partial charge in [-0.05, 0) is 12.1 Å². The summed E-state index contributed by atoms with van der Waals surface area (Å²) in [5.41, 5.74) is -0.00476. The fourth-order valence-corrected chi connectivity index (χ4v) is 2.31. The molecule has 21 heavy (non-hydrogen) atoms. The Labute approximate surface area is 122 Å². The zero-order valence-corrected chi connectivity index (χ0v) is 12.0. The average Bonchev–Trinajstić information content (AvgIpc) is 2.45. The summed E-state index contributed by atoms with van der Waals surface area (Å²) < 4.78 is 13.0. The summed E-state index contributed by atoms with van der Waals surface area (Å²) in [6.07, 6.45) is 0. The van der Waals surface area contributed by atoms with Crippen molar-refractivity contribution in [1.29, 1.82) is 0 Å². The topological polar surface area (TPSA) is 72.9 Å². The van der Waals surface area contributed by atoms with Gasteiger partial charge in [-0.1, -0.05) is 0 Å². The lowest BCUT2D eigenvalue weighted by atomic mass is 10.1. The van der Waals surface area contributed by atoms with Crippen LogP contribution >= 0.6 is 0 Å². The first kappa shape index (κ1) is 15.2. The van der Waals surface area contributed by atoms with E-state index in [4.69, 9.17) is 0 Å². The summed E-state index contributed by atoms with van der Waals surface area (Å²) in [6, 6.07) is 2.59. The highest BCUT2D eigenvalue weighted by atomic mass is 19.1. The normalized spacial score (nSPS) is 18.4. The number of aromatic hydroxyl groups is 1. The number of benzene rings is 1. The van der Waals surface area contributed by atoms with Crippen LogP contribution in [0.4, 0.5) is 4.39 Å². The Kier molecular flexibility index (Phi) is 4.42. The molecular formula is C14H18FN3O3. The fraction of sp³-hybridized carbons (Fsp3) is 0.429. The van der Waals surface area contributed by atoms with Crippen molar-refractivity contribution in [3.8, 4) is 5.75 Å². The van der Waals surface area contributed by atoms with Gasteiger partial charge in [0.2, 0.25) is 5.91 Å². The predicted octanol–water partition coefficient (Wildman–Crippen LogP) is 0.0335. The maximum Gasteiger partial charge on any atom is 0.258 e. The molecule has 114 valence electrons. The molecule has 1 atom stereocenters. The second kappa shape index (κ2) is 6.09. The van der Waals surface area contributed by atoms with Gasteiger partial charge in [-0.3, -0.25) is 9.59 Å². The van der Waals surface area contributed by atoms with E-state index < -0.39 is 23.5 Å². The van der Waals surface area contributed by atoms with E-state index in [-0.39, 0.29) is 11.5 Å². The summed E-state index contributed by atoms with van der Waals surface area (Å²) in [5, 5.41) is 12.8. The van der Waals surface area contributed by atoms with Crippen LogP contribution in [0, 0.1) is 5.82 Å². The highest BCUT2D eigenvalue weighted by Gasteiger charge is 2.34. The number of hydrogen-bond donors (Lipinski definition) is 2. The lowest BCUT2D eigenvalue weighted by molar-refractivity contribution is -0.134. The second-order valence-electron chi connectivity index (χ2n) is 5.11. The summed E-state index contributed by atoms with van der Waals surface area (Å²) >= 11 is 0. The Bertz CT molecular complexity index is 562. The van der Waals surface area contributed by atoms with Gasteiger partial charge in [0.05, 0.1) is 5.56 Å². The first-order valence-electron chi connectivity index (χ1n) is 6.63. The summed E-state index contributed by atoms with van der Waals surface area (Å²) in [7, 11) is 3.24. The Morgan fingerprint density at radius 1 is 1.43 bits per heavy atom. The van der Waals surface area contributed by atoms with Gasteiger partial charge < -0.3 is 20.2 Å². The predicted molar refractivity (Wildman–Crippen MR) is 74.5 cm³/mol. The molecule has 1 aromatic carbocycles. The SMILES string of the molecule is CN(C)C(=O)C1CNCCN1C(=O)c1ccc(F)cc1O. The standard InChI is InChI=1S/C14H18FN3O3/c1-17(2)14(21)11-8-16-5-6-18(11)13(20)10-4-3-9(15)7-12(10)19/h3-4,7,11,16,19H,5-6,8H2,1-2H3. The number of likely N-dealkylation sites (N-methyl/N-ethyl adjacent to an activating group) is 1. The van der Waals surface area contributed by atoms with Crippen molar-refractivity contribution in [3.05, 3.63) is 29.6 Å². The minimum Gasteiger partial charge on any atom is -0.507 e. The van der Waals surface area contributed by atoms with Gasteiger partial charge in [0, 0.05) is 39.8 Å². The molecule has 1 aliphatic rings. The number of nitrogens with zero attached hydrogens (tertiary/aromatic N) is 2. The molecule has 0 aromatic heterocycles. The molecule has 1 heterocycles. The quantitative estimate of drug-likeness (QED) is 0.807. The number of hydrogen-bond acceptors (Lipinski definition) is 4. The van der Waals surface area contributed by atoms with Gasteiger partial charge in [-0.15, -0.1) is 0 Å². The lowest BCUT2D eigenvalue weighted by Crippen LogP contribution is -2.59. The number of phenols is 1. The van der Waals surface area contributed by atoms with Crippen LogP contribution in [0.1, 0.15) is 10.4 Å². The van der Waals surface area contributed by atoms with Crippen LogP contribution in [0.2, 0.25) is 0 Å². The molecule has 1 unspecified atom stereocenters. The van der Waals surface area contributed by atoms with Crippen molar-refractivity contribution in [2.45, 2.75) is 6.04 Å². The Morgan fingerprint density at radius 2 is 2.14 bits per heavy atom. The summed E-state index contributed by atoms with van der Waals surface area (Å²) in [4.78, 5) is 27.5. The molecule has 0 aliphatic carbocycles. The number of nitrogens with one attached hydrogen (secondary N) is 1. The van der Waals surface area contributed by atoms with Crippen molar-refractivity contribution in [2.75, 3.05) is 33.7 Å². The lowest BCUT2D eigenvalue weighted by Gasteiger charge is -2.36. The molecule has 2 amide bonds. The minimum atomic E-state index is -0.634. The molecule has 2 N–H and O–H groups in total. The molecule has 7 heteroatoms. The van der Waals surface area contributed by atoms with Crippen LogP contribution in [0.5, 0.6) is 5.75 Å². The third-order valence-corrected chi connectivity index (χ3v) is 3.42. The first-order valence-corrected chi connectivity index (χ1v) is 6.63. The van der Waals surface area contributed by atoms with Crippen molar-refractivity contribution >= 4 is 11.8 Å². The van der Waals surface area contributed by atoms with E-state index in [0.717, 1.165) is 12.1 Å². The second-order valence-corrected chi connectivity index (χ2v) is 5.11. The Hall–Kier alpha value is -2.15. The molecule has 1 aliphatic heterocycles. The number of piperazine rings is 1. The van der Waals surface area contributed by atoms with Gasteiger partial charge in [0.1, 0.15) is 17.6 Å². The maximum atomic E-state index is 13.0. The average molecular weight is 295 g/mol. The molecule has 1 aromatic rings. The number of amides is 2. The van der Waals surface area contributed by atoms with Gasteiger partial charge in [-0.25, -0.2) is 4.39 Å². The highest BCUT2D eigenvalue weighted by Crippen LogP contribution is 2.21. The minimum absolute atomic E-state index is 0.00476. The van der Waals surface area contributed by atoms with Crippen LogP contribution in [-0.4, -0.2) is 66.5 Å². The van der Waals surface area contributed by atoms with E-state index in [1.54, 1.807) is 14.1 Å². The van der Waals surface area contributed by atoms with Crippen molar-refractivity contribution in [1.82, 2.24) is 15.1 Å². The van der Waals surface area contributed by atoms with Crippen LogP contribution in [-0.2, 0) is 4.79 Å². The van der Waals surface area contributed by atoms with E-state index in [2.05, 4.69) is 5.32 Å². The Balaban J connectivity index is 2.28. The molecule has 2 rings (SSSR count). The summed E-state index contributed by atoms with van der Waals surface area (Å²) in [6.45, 7) is 1.26. The van der Waals surface area contributed by atoms with Crippen LogP contribution in [0.15, 0.2) is 18.2 Å². The molecule has 0 radical (unpaired) electrons. The Morgan fingerprint density at radius 3 is 2.76 bits per heavy atom. The van der Waals surface area contributed by atoms with Crippen molar-refractivity contribution in [2.24, 2.45) is 0 Å². The van der Waals surface area contributed by atoms with E-state index in [9.17, 15) is 19.1 Å². The van der Waals surface area contributed by atoms with Crippen LogP contribution < -0.4 is 5.32 Å². The van der Waals surface area contributed by atoms with E-state index in [1.807, 2.05) is 0 Å². The smallest absolute Gasteiger partial charge is 0.258 e. The van der Waals surface area contributed by atoms with E-state index >= 15 is 0 Å². The molecular weight excluding hydrogens is 277 g/mol. The third kappa shape index (κ3) is 3.13. The van der Waals surface area contributed by atoms with E-state index in [0.29, 0.717) is 19.6 Å². The van der Waals surface area contributed by atoms with Gasteiger partial charge in [0.25, 0.3) is 5.91 Å². The van der Waals surface area contributed by atoms with Crippen molar-refractivity contribution < 1.29 is 19.1 Å². The molecule has 0 spiro atoms. The largest absolute Gasteiger partial charge is 0.507 e. The zero-order chi connectivity index (χ0) is 15.6. The first-order chi connectivity index (χ1) is 9.91. The molecule has 0 bridgehead atoms. The fourth-order valence-electron chi connectivity index (χ4n) is 2.31. The monoisotopic (exact) mass is 295 g/mol. The number of phenolic OH excluding ortho intramolecular Hbond substituents is 1. The third-order valence-electron chi connectivity index (χ3n) is 3.42. The molecule has 0 saturated carbocycles. The van der Waals surface area contributed by atoms with Crippen LogP contribution in [0.3, 0.4) is 0 Å². The number of carbonyl (C=O) groups is 2. The number of carbonyl (C=O) groups excluding carboxylic acids is 2. The summed E-state index contributed by atoms with van der Waals surface area (Å²) in [5.74, 6) is -1.72. The van der Waals surface area contributed by atoms with E-state index in [1.165, 1.54) is 15.9 Å². The number of rotatable bonds is 2. The number of halogens is 1. The maximum absolute atomic E-state index is 13.0. The molecule has 1 saturated heterocycles. The van der Waals surface area contributed by atoms with Gasteiger partial charge in [-0.2, -0.15) is 0 Å². The van der Waals surface area contributed by atoms with Crippen molar-refractivity contribution in [3.63, 3.8) is 0 Å². The molecule has 1 fully saturated rings.